The smallest absolute Gasteiger partial charge is 0.336 e. The largest absolute Gasteiger partial charge is 0.416 e. The Balaban J connectivity index is 2.18. The number of carbonyl (C=O) groups is 2. The molecule has 1 aromatic heterocycles. The normalized spacial score (nSPS) is 11.8. The van der Waals surface area contributed by atoms with E-state index in [-0.39, 0.29) is 11.8 Å². The van der Waals surface area contributed by atoms with Crippen LogP contribution >= 0.6 is 11.8 Å². The number of urea groups is 1. The lowest BCUT2D eigenvalue weighted by Gasteiger charge is -2.10. The minimum absolute atomic E-state index is 0.0787. The number of benzene rings is 1. The highest BCUT2D eigenvalue weighted by Gasteiger charge is 2.31. The highest BCUT2D eigenvalue weighted by molar-refractivity contribution is 7.99. The van der Waals surface area contributed by atoms with E-state index in [0.717, 1.165) is 23.9 Å². The van der Waals surface area contributed by atoms with Gasteiger partial charge in [-0.25, -0.2) is 9.78 Å². The van der Waals surface area contributed by atoms with Gasteiger partial charge in [-0.2, -0.15) is 13.2 Å². The Hall–Kier alpha value is -2.23. The molecule has 3 amide bonds. The van der Waals surface area contributed by atoms with E-state index in [0.29, 0.717) is 29.2 Å². The van der Waals surface area contributed by atoms with Crippen LogP contribution in [0.4, 0.5) is 18.0 Å². The lowest BCUT2D eigenvalue weighted by molar-refractivity contribution is -0.137. The van der Waals surface area contributed by atoms with Crippen LogP contribution < -0.4 is 10.6 Å². The fraction of sp³-hybridized carbons (Fsp3) is 0.471. The van der Waals surface area contributed by atoms with Crippen molar-refractivity contribution in [3.8, 4) is 0 Å². The van der Waals surface area contributed by atoms with Crippen LogP contribution in [0.25, 0.3) is 11.0 Å². The number of alkyl halides is 3. The topological polar surface area (TPSA) is 76.0 Å². The molecule has 0 atom stereocenters. The van der Waals surface area contributed by atoms with Crippen molar-refractivity contribution >= 4 is 34.7 Å². The second-order valence-electron chi connectivity index (χ2n) is 6.21. The van der Waals surface area contributed by atoms with Crippen LogP contribution in [0.15, 0.2) is 23.4 Å². The fourth-order valence-electron chi connectivity index (χ4n) is 2.42. The van der Waals surface area contributed by atoms with Crippen molar-refractivity contribution < 1.29 is 22.8 Å². The van der Waals surface area contributed by atoms with Gasteiger partial charge in [-0.15, -0.1) is 0 Å². The van der Waals surface area contributed by atoms with Gasteiger partial charge in [0, 0.05) is 12.6 Å². The highest BCUT2D eigenvalue weighted by Crippen LogP contribution is 2.33. The molecule has 0 saturated heterocycles. The summed E-state index contributed by atoms with van der Waals surface area (Å²) >= 11 is 1.07. The van der Waals surface area contributed by atoms with Crippen molar-refractivity contribution in [2.75, 3.05) is 5.75 Å². The molecule has 0 unspecified atom stereocenters. The molecule has 0 aliphatic heterocycles. The molecule has 2 N–H and O–H groups in total. The number of hydrogen-bond acceptors (Lipinski definition) is 4. The van der Waals surface area contributed by atoms with Gasteiger partial charge in [-0.05, 0) is 38.5 Å². The molecule has 1 heterocycles. The van der Waals surface area contributed by atoms with Crippen molar-refractivity contribution in [3.05, 3.63) is 23.8 Å². The van der Waals surface area contributed by atoms with Crippen LogP contribution in [0.5, 0.6) is 0 Å². The van der Waals surface area contributed by atoms with Crippen molar-refractivity contribution in [1.82, 2.24) is 20.2 Å². The van der Waals surface area contributed by atoms with E-state index in [9.17, 15) is 22.8 Å². The number of carbonyl (C=O) groups excluding carboxylic acids is 2. The van der Waals surface area contributed by atoms with E-state index in [1.165, 1.54) is 6.07 Å². The maximum Gasteiger partial charge on any atom is 0.416 e. The van der Waals surface area contributed by atoms with Gasteiger partial charge in [0.25, 0.3) is 0 Å². The highest BCUT2D eigenvalue weighted by atomic mass is 32.2. The molecule has 0 spiro atoms. The number of aryl methyl sites for hydroxylation is 1. The molecule has 2 rings (SSSR count). The number of rotatable bonds is 6. The number of amides is 3. The molecular formula is C17H21F3N4O2S. The molecule has 0 bridgehead atoms. The monoisotopic (exact) mass is 402 g/mol. The summed E-state index contributed by atoms with van der Waals surface area (Å²) in [6.45, 7) is 5.90. The Bertz CT molecular complexity index is 833. The first-order chi connectivity index (χ1) is 12.6. The van der Waals surface area contributed by atoms with E-state index in [1.807, 2.05) is 6.92 Å². The van der Waals surface area contributed by atoms with Crippen LogP contribution in [0.2, 0.25) is 0 Å². The van der Waals surface area contributed by atoms with E-state index >= 15 is 0 Å². The second-order valence-corrected chi connectivity index (χ2v) is 7.15. The third kappa shape index (κ3) is 5.62. The number of thioether (sulfide) groups is 1. The van der Waals surface area contributed by atoms with Gasteiger partial charge < -0.3 is 9.88 Å². The summed E-state index contributed by atoms with van der Waals surface area (Å²) < 4.78 is 40.6. The van der Waals surface area contributed by atoms with Gasteiger partial charge in [0.15, 0.2) is 5.16 Å². The lowest BCUT2D eigenvalue weighted by atomic mass is 10.2. The van der Waals surface area contributed by atoms with Crippen LogP contribution in [-0.2, 0) is 17.5 Å². The average Bonchev–Trinajstić information content (AvgIpc) is 2.89. The summed E-state index contributed by atoms with van der Waals surface area (Å²) in [5.74, 6) is -0.589. The Morgan fingerprint density at radius 3 is 2.59 bits per heavy atom. The predicted molar refractivity (Wildman–Crippen MR) is 97.6 cm³/mol. The van der Waals surface area contributed by atoms with Crippen molar-refractivity contribution in [2.45, 2.75) is 51.1 Å². The standard InChI is InChI=1S/C17H21F3N4O2S/c1-4-7-24-13-8-11(17(18,19)20)5-6-12(13)22-16(24)27-9-14(25)23-15(26)21-10(2)3/h5-6,8,10H,4,7,9H2,1-3H3,(H2,21,23,25,26). The maximum atomic E-state index is 13.0. The van der Waals surface area contributed by atoms with Crippen molar-refractivity contribution in [3.63, 3.8) is 0 Å². The van der Waals surface area contributed by atoms with Crippen LogP contribution in [0.1, 0.15) is 32.8 Å². The summed E-state index contributed by atoms with van der Waals surface area (Å²) in [5.41, 5.74) is 0.0518. The molecule has 1 aromatic carbocycles. The molecule has 10 heteroatoms. The van der Waals surface area contributed by atoms with Crippen LogP contribution in [0.3, 0.4) is 0 Å². The molecule has 27 heavy (non-hydrogen) atoms. The van der Waals surface area contributed by atoms with Gasteiger partial charge in [0.05, 0.1) is 22.3 Å². The molecule has 0 radical (unpaired) electrons. The molecule has 148 valence electrons. The number of hydrogen-bond donors (Lipinski definition) is 2. The summed E-state index contributed by atoms with van der Waals surface area (Å²) in [5, 5.41) is 5.17. The van der Waals surface area contributed by atoms with Crippen LogP contribution in [0, 0.1) is 0 Å². The predicted octanol–water partition coefficient (Wildman–Crippen LogP) is 3.79. The second kappa shape index (κ2) is 8.64. The van der Waals surface area contributed by atoms with E-state index in [1.54, 1.807) is 18.4 Å². The molecular weight excluding hydrogens is 381 g/mol. The Morgan fingerprint density at radius 2 is 2.00 bits per heavy atom. The van der Waals surface area contributed by atoms with Gasteiger partial charge in [-0.1, -0.05) is 18.7 Å². The van der Waals surface area contributed by atoms with Crippen molar-refractivity contribution in [2.24, 2.45) is 0 Å². The number of aromatic nitrogens is 2. The van der Waals surface area contributed by atoms with Gasteiger partial charge >= 0.3 is 12.2 Å². The molecule has 0 fully saturated rings. The van der Waals surface area contributed by atoms with E-state index in [2.05, 4.69) is 15.6 Å². The quantitative estimate of drug-likeness (QED) is 0.721. The number of nitrogens with one attached hydrogen (secondary N) is 2. The van der Waals surface area contributed by atoms with Gasteiger partial charge in [0.1, 0.15) is 0 Å². The fourth-order valence-corrected chi connectivity index (χ4v) is 3.26. The third-order valence-electron chi connectivity index (χ3n) is 3.49. The molecule has 0 aliphatic rings. The van der Waals surface area contributed by atoms with E-state index < -0.39 is 23.7 Å². The average molecular weight is 402 g/mol. The first-order valence-corrected chi connectivity index (χ1v) is 9.41. The summed E-state index contributed by atoms with van der Waals surface area (Å²) in [7, 11) is 0. The number of imidazole rings is 1. The summed E-state index contributed by atoms with van der Waals surface area (Å²) in [6, 6.07) is 2.68. The minimum Gasteiger partial charge on any atom is -0.336 e. The summed E-state index contributed by atoms with van der Waals surface area (Å²) in [4.78, 5) is 27.8. The number of fused-ring (bicyclic) bond motifs is 1. The molecule has 0 aliphatic carbocycles. The number of imide groups is 1. The zero-order valence-electron chi connectivity index (χ0n) is 15.2. The molecule has 6 nitrogen and oxygen atoms in total. The van der Waals surface area contributed by atoms with Gasteiger partial charge in [-0.3, -0.25) is 10.1 Å². The van der Waals surface area contributed by atoms with Gasteiger partial charge in [0.2, 0.25) is 5.91 Å². The third-order valence-corrected chi connectivity index (χ3v) is 4.47. The first-order valence-electron chi connectivity index (χ1n) is 8.42. The van der Waals surface area contributed by atoms with Crippen LogP contribution in [-0.4, -0.2) is 33.3 Å². The Morgan fingerprint density at radius 1 is 1.30 bits per heavy atom. The summed E-state index contributed by atoms with van der Waals surface area (Å²) in [6.07, 6.45) is -3.75. The number of nitrogens with zero attached hydrogens (tertiary/aromatic N) is 2. The minimum atomic E-state index is -4.44. The van der Waals surface area contributed by atoms with E-state index in [4.69, 9.17) is 0 Å². The Kier molecular flexibility index (Phi) is 6.74. The first kappa shape index (κ1) is 21.1. The number of halogens is 3. The molecule has 2 aromatic rings. The molecule has 0 saturated carbocycles. The SMILES string of the molecule is CCCn1c(SCC(=O)NC(=O)NC(C)C)nc2ccc(C(F)(F)F)cc21. The maximum absolute atomic E-state index is 13.0. The zero-order chi connectivity index (χ0) is 20.2. The Labute approximate surface area is 158 Å². The van der Waals surface area contributed by atoms with Crippen molar-refractivity contribution in [1.29, 1.82) is 0 Å². The lowest BCUT2D eigenvalue weighted by Crippen LogP contribution is -2.43. The zero-order valence-corrected chi connectivity index (χ0v) is 16.0.